The summed E-state index contributed by atoms with van der Waals surface area (Å²) < 4.78 is 10.8. The molecule has 2 aromatic rings. The van der Waals surface area contributed by atoms with Gasteiger partial charge in [0.2, 0.25) is 5.28 Å². The first-order valence-corrected chi connectivity index (χ1v) is 6.88. The van der Waals surface area contributed by atoms with Gasteiger partial charge < -0.3 is 9.47 Å². The zero-order chi connectivity index (χ0) is 14.4. The van der Waals surface area contributed by atoms with Gasteiger partial charge >= 0.3 is 6.01 Å². The Bertz CT molecular complexity index is 561. The largest absolute Gasteiger partial charge is 0.494 e. The zero-order valence-corrected chi connectivity index (χ0v) is 12.2. The van der Waals surface area contributed by atoms with Gasteiger partial charge in [0, 0.05) is 5.56 Å². The molecular formula is C14H16ClN3O2. The molecule has 0 spiro atoms. The number of hydrogen-bond donors (Lipinski definition) is 0. The molecule has 0 aliphatic rings. The molecule has 1 aromatic carbocycles. The van der Waals surface area contributed by atoms with E-state index in [1.54, 1.807) is 0 Å². The number of halogens is 1. The highest BCUT2D eigenvalue weighted by Crippen LogP contribution is 2.21. The van der Waals surface area contributed by atoms with E-state index in [0.29, 0.717) is 19.0 Å². The SMILES string of the molecule is CCCOc1nc(Cl)nc(-c2ccc(OCC)cc2)n1. The minimum atomic E-state index is 0.120. The van der Waals surface area contributed by atoms with Crippen molar-refractivity contribution in [1.29, 1.82) is 0 Å². The summed E-state index contributed by atoms with van der Waals surface area (Å²) in [5.74, 6) is 1.29. The highest BCUT2D eigenvalue weighted by molar-refractivity contribution is 6.28. The van der Waals surface area contributed by atoms with E-state index in [0.717, 1.165) is 17.7 Å². The predicted octanol–water partition coefficient (Wildman–Crippen LogP) is 3.38. The van der Waals surface area contributed by atoms with Gasteiger partial charge in [-0.05, 0) is 49.2 Å². The Morgan fingerprint density at radius 2 is 1.75 bits per heavy atom. The topological polar surface area (TPSA) is 57.1 Å². The maximum atomic E-state index is 5.89. The summed E-state index contributed by atoms with van der Waals surface area (Å²) in [7, 11) is 0. The Kier molecular flexibility index (Phi) is 5.12. The molecule has 0 saturated carbocycles. The van der Waals surface area contributed by atoms with E-state index in [1.165, 1.54) is 0 Å². The molecule has 106 valence electrons. The predicted molar refractivity (Wildman–Crippen MR) is 77.2 cm³/mol. The van der Waals surface area contributed by atoms with Crippen LogP contribution < -0.4 is 9.47 Å². The summed E-state index contributed by atoms with van der Waals surface area (Å²) >= 11 is 5.89. The monoisotopic (exact) mass is 293 g/mol. The number of benzene rings is 1. The molecule has 2 rings (SSSR count). The van der Waals surface area contributed by atoms with Crippen molar-refractivity contribution in [2.75, 3.05) is 13.2 Å². The molecule has 0 atom stereocenters. The van der Waals surface area contributed by atoms with Crippen LogP contribution in [0.2, 0.25) is 5.28 Å². The number of ether oxygens (including phenoxy) is 2. The van der Waals surface area contributed by atoms with E-state index in [9.17, 15) is 0 Å². The van der Waals surface area contributed by atoms with Gasteiger partial charge in [0.1, 0.15) is 5.75 Å². The highest BCUT2D eigenvalue weighted by Gasteiger charge is 2.08. The molecule has 1 aromatic heterocycles. The van der Waals surface area contributed by atoms with Crippen molar-refractivity contribution < 1.29 is 9.47 Å². The summed E-state index contributed by atoms with van der Waals surface area (Å²) in [5.41, 5.74) is 0.833. The molecule has 0 fully saturated rings. The highest BCUT2D eigenvalue weighted by atomic mass is 35.5. The lowest BCUT2D eigenvalue weighted by Gasteiger charge is -2.06. The second-order valence-corrected chi connectivity index (χ2v) is 4.35. The van der Waals surface area contributed by atoms with E-state index in [4.69, 9.17) is 21.1 Å². The lowest BCUT2D eigenvalue weighted by Crippen LogP contribution is -2.02. The van der Waals surface area contributed by atoms with E-state index in [2.05, 4.69) is 15.0 Å². The Morgan fingerprint density at radius 3 is 2.40 bits per heavy atom. The number of nitrogens with zero attached hydrogens (tertiary/aromatic N) is 3. The molecule has 0 saturated heterocycles. The molecule has 0 radical (unpaired) electrons. The van der Waals surface area contributed by atoms with Crippen LogP contribution in [0.25, 0.3) is 11.4 Å². The van der Waals surface area contributed by atoms with E-state index < -0.39 is 0 Å². The van der Waals surface area contributed by atoms with E-state index in [-0.39, 0.29) is 11.3 Å². The number of aromatic nitrogens is 3. The molecule has 0 N–H and O–H groups in total. The van der Waals surface area contributed by atoms with Gasteiger partial charge in [-0.1, -0.05) is 6.92 Å². The fraction of sp³-hybridized carbons (Fsp3) is 0.357. The van der Waals surface area contributed by atoms with Crippen LogP contribution in [-0.2, 0) is 0 Å². The van der Waals surface area contributed by atoms with Gasteiger partial charge in [-0.15, -0.1) is 0 Å². The van der Waals surface area contributed by atoms with Crippen LogP contribution in [0.3, 0.4) is 0 Å². The molecule has 0 bridgehead atoms. The number of hydrogen-bond acceptors (Lipinski definition) is 5. The van der Waals surface area contributed by atoms with E-state index >= 15 is 0 Å². The Hall–Kier alpha value is -1.88. The molecule has 0 aliphatic heterocycles. The Morgan fingerprint density at radius 1 is 1.00 bits per heavy atom. The van der Waals surface area contributed by atoms with Gasteiger partial charge in [-0.2, -0.15) is 15.0 Å². The van der Waals surface area contributed by atoms with Crippen LogP contribution in [0.15, 0.2) is 24.3 Å². The summed E-state index contributed by atoms with van der Waals surface area (Å²) in [6.07, 6.45) is 0.877. The van der Waals surface area contributed by atoms with Crippen molar-refractivity contribution in [3.8, 4) is 23.1 Å². The minimum absolute atomic E-state index is 0.120. The standard InChI is InChI=1S/C14H16ClN3O2/c1-3-9-20-14-17-12(16-13(15)18-14)10-5-7-11(8-6-10)19-4-2/h5-8H,3-4,9H2,1-2H3. The average Bonchev–Trinajstić information content (AvgIpc) is 2.46. The molecule has 0 unspecified atom stereocenters. The molecule has 1 heterocycles. The molecule has 20 heavy (non-hydrogen) atoms. The van der Waals surface area contributed by atoms with Crippen molar-refractivity contribution in [2.24, 2.45) is 0 Å². The summed E-state index contributed by atoms with van der Waals surface area (Å²) in [6.45, 7) is 5.13. The third kappa shape index (κ3) is 3.81. The summed E-state index contributed by atoms with van der Waals surface area (Å²) in [5, 5.41) is 0.120. The van der Waals surface area contributed by atoms with Crippen molar-refractivity contribution >= 4 is 11.6 Å². The fourth-order valence-electron chi connectivity index (χ4n) is 1.59. The maximum Gasteiger partial charge on any atom is 0.321 e. The van der Waals surface area contributed by atoms with Crippen molar-refractivity contribution in [2.45, 2.75) is 20.3 Å². The van der Waals surface area contributed by atoms with Gasteiger partial charge in [0.15, 0.2) is 5.82 Å². The summed E-state index contributed by atoms with van der Waals surface area (Å²) in [4.78, 5) is 12.3. The maximum absolute atomic E-state index is 5.89. The minimum Gasteiger partial charge on any atom is -0.494 e. The van der Waals surface area contributed by atoms with E-state index in [1.807, 2.05) is 38.1 Å². The van der Waals surface area contributed by atoms with Gasteiger partial charge in [-0.3, -0.25) is 0 Å². The third-order valence-electron chi connectivity index (χ3n) is 2.45. The van der Waals surface area contributed by atoms with Crippen molar-refractivity contribution in [3.05, 3.63) is 29.5 Å². The van der Waals surface area contributed by atoms with Crippen molar-refractivity contribution in [3.63, 3.8) is 0 Å². The van der Waals surface area contributed by atoms with Crippen LogP contribution in [0.5, 0.6) is 11.8 Å². The molecule has 0 amide bonds. The molecule has 0 aliphatic carbocycles. The first kappa shape index (κ1) is 14.5. The quantitative estimate of drug-likeness (QED) is 0.817. The Balaban J connectivity index is 2.24. The lowest BCUT2D eigenvalue weighted by molar-refractivity contribution is 0.291. The Labute approximate surface area is 123 Å². The second-order valence-electron chi connectivity index (χ2n) is 4.02. The lowest BCUT2D eigenvalue weighted by atomic mass is 10.2. The van der Waals surface area contributed by atoms with Crippen LogP contribution >= 0.6 is 11.6 Å². The number of rotatable bonds is 6. The van der Waals surface area contributed by atoms with Crippen LogP contribution in [-0.4, -0.2) is 28.2 Å². The van der Waals surface area contributed by atoms with Crippen molar-refractivity contribution in [1.82, 2.24) is 15.0 Å². The first-order valence-electron chi connectivity index (χ1n) is 6.50. The third-order valence-corrected chi connectivity index (χ3v) is 2.62. The normalized spacial score (nSPS) is 10.3. The molecule has 5 nitrogen and oxygen atoms in total. The fourth-order valence-corrected chi connectivity index (χ4v) is 1.74. The molecule has 6 heteroatoms. The van der Waals surface area contributed by atoms with Crippen LogP contribution in [0, 0.1) is 0 Å². The first-order chi connectivity index (χ1) is 9.72. The second kappa shape index (κ2) is 7.05. The average molecular weight is 294 g/mol. The summed E-state index contributed by atoms with van der Waals surface area (Å²) in [6, 6.07) is 7.72. The van der Waals surface area contributed by atoms with Gasteiger partial charge in [0.25, 0.3) is 0 Å². The van der Waals surface area contributed by atoms with Crippen LogP contribution in [0.4, 0.5) is 0 Å². The van der Waals surface area contributed by atoms with Gasteiger partial charge in [0.05, 0.1) is 13.2 Å². The van der Waals surface area contributed by atoms with Gasteiger partial charge in [-0.25, -0.2) is 0 Å². The zero-order valence-electron chi connectivity index (χ0n) is 11.5. The smallest absolute Gasteiger partial charge is 0.321 e. The van der Waals surface area contributed by atoms with Crippen LogP contribution in [0.1, 0.15) is 20.3 Å². The molecular weight excluding hydrogens is 278 g/mol.